The van der Waals surface area contributed by atoms with Gasteiger partial charge >= 0.3 is 0 Å². The van der Waals surface area contributed by atoms with Gasteiger partial charge in [0, 0.05) is 18.3 Å². The second-order valence-corrected chi connectivity index (χ2v) is 6.18. The number of methoxy groups -OCH3 is 1. The second-order valence-electron chi connectivity index (χ2n) is 6.18. The number of nitrogens with zero attached hydrogens (tertiary/aromatic N) is 3. The molecule has 1 aliphatic rings. The maximum absolute atomic E-state index is 12.0. The van der Waals surface area contributed by atoms with Crippen molar-refractivity contribution in [3.8, 4) is 5.75 Å². The summed E-state index contributed by atoms with van der Waals surface area (Å²) in [6.45, 7) is 0.842. The number of nitrogens with one attached hydrogen (secondary N) is 2. The van der Waals surface area contributed by atoms with Crippen molar-refractivity contribution in [2.24, 2.45) is 0 Å². The average Bonchev–Trinajstić information content (AvgIpc) is 2.69. The van der Waals surface area contributed by atoms with Gasteiger partial charge in [-0.1, -0.05) is 36.4 Å². The molecule has 0 aliphatic carbocycles. The molecule has 1 aliphatic heterocycles. The molecule has 1 aromatic heterocycles. The summed E-state index contributed by atoms with van der Waals surface area (Å²) in [5, 5.41) is 6.01. The maximum atomic E-state index is 12.0. The third kappa shape index (κ3) is 3.82. The van der Waals surface area contributed by atoms with Crippen LogP contribution in [0.3, 0.4) is 0 Å². The first-order valence-corrected chi connectivity index (χ1v) is 8.58. The Morgan fingerprint density at radius 1 is 1.19 bits per heavy atom. The predicted molar refractivity (Wildman–Crippen MR) is 104 cm³/mol. The summed E-state index contributed by atoms with van der Waals surface area (Å²) in [4.78, 5) is 22.9. The Labute approximate surface area is 157 Å². The molecule has 0 atom stereocenters. The number of rotatable bonds is 5. The van der Waals surface area contributed by atoms with Gasteiger partial charge in [0.15, 0.2) is 5.82 Å². The second kappa shape index (κ2) is 7.33. The van der Waals surface area contributed by atoms with Crippen LogP contribution in [0.5, 0.6) is 5.75 Å². The van der Waals surface area contributed by atoms with Gasteiger partial charge in [0.1, 0.15) is 11.4 Å². The highest BCUT2D eigenvalue weighted by atomic mass is 16.5. The Hall–Kier alpha value is -3.61. The molecular weight excluding hydrogens is 342 g/mol. The number of carbonyl (C=O) groups excluding carboxylic acids is 1. The SMILES string of the molecule is COc1cccc(Nc2ncc3c(n2)N(Cc2ccccc2)CC(=O)N3)c1. The Morgan fingerprint density at radius 3 is 2.85 bits per heavy atom. The standard InChI is InChI=1S/C20H19N5O2/c1-27-16-9-5-8-15(10-16)22-20-21-11-17-19(24-20)25(13-18(26)23-17)12-14-6-3-2-4-7-14/h2-11H,12-13H2,1H3,(H,23,26)(H,21,22,24). The molecule has 2 heterocycles. The molecule has 0 radical (unpaired) electrons. The number of fused-ring (bicyclic) bond motifs is 1. The van der Waals surface area contributed by atoms with Crippen molar-refractivity contribution in [3.63, 3.8) is 0 Å². The first-order valence-electron chi connectivity index (χ1n) is 8.58. The summed E-state index contributed by atoms with van der Waals surface area (Å²) in [7, 11) is 1.62. The van der Waals surface area contributed by atoms with Gasteiger partial charge in [0.2, 0.25) is 11.9 Å². The van der Waals surface area contributed by atoms with Crippen molar-refractivity contribution in [2.75, 3.05) is 29.2 Å². The van der Waals surface area contributed by atoms with E-state index in [1.54, 1.807) is 13.3 Å². The number of ether oxygens (including phenoxy) is 1. The van der Waals surface area contributed by atoms with Gasteiger partial charge in [-0.2, -0.15) is 4.98 Å². The Morgan fingerprint density at radius 2 is 2.04 bits per heavy atom. The van der Waals surface area contributed by atoms with E-state index in [0.717, 1.165) is 17.0 Å². The molecule has 7 heteroatoms. The smallest absolute Gasteiger partial charge is 0.244 e. The Balaban J connectivity index is 1.62. The molecule has 0 unspecified atom stereocenters. The summed E-state index contributed by atoms with van der Waals surface area (Å²) >= 11 is 0. The van der Waals surface area contributed by atoms with Crippen molar-refractivity contribution in [2.45, 2.75) is 6.54 Å². The number of carbonyl (C=O) groups is 1. The molecule has 2 aromatic carbocycles. The van der Waals surface area contributed by atoms with Gasteiger partial charge in [0.25, 0.3) is 0 Å². The van der Waals surface area contributed by atoms with E-state index in [2.05, 4.69) is 20.6 Å². The van der Waals surface area contributed by atoms with Crippen LogP contribution >= 0.6 is 0 Å². The molecular formula is C20H19N5O2. The number of benzene rings is 2. The van der Waals surface area contributed by atoms with Crippen LogP contribution < -0.4 is 20.3 Å². The largest absolute Gasteiger partial charge is 0.497 e. The molecule has 0 saturated heterocycles. The van der Waals surface area contributed by atoms with Gasteiger partial charge in [-0.3, -0.25) is 4.79 Å². The predicted octanol–water partition coefficient (Wildman–Crippen LogP) is 3.19. The van der Waals surface area contributed by atoms with Gasteiger partial charge in [0.05, 0.1) is 19.9 Å². The highest BCUT2D eigenvalue weighted by molar-refractivity contribution is 6.00. The van der Waals surface area contributed by atoms with E-state index in [4.69, 9.17) is 4.74 Å². The van der Waals surface area contributed by atoms with Crippen LogP contribution in [0.1, 0.15) is 5.56 Å². The minimum atomic E-state index is -0.0736. The van der Waals surface area contributed by atoms with E-state index in [1.165, 1.54) is 0 Å². The van der Waals surface area contributed by atoms with Crippen molar-refractivity contribution in [1.82, 2.24) is 9.97 Å². The van der Waals surface area contributed by atoms with E-state index >= 15 is 0 Å². The molecule has 1 amide bonds. The summed E-state index contributed by atoms with van der Waals surface area (Å²) < 4.78 is 5.24. The molecule has 27 heavy (non-hydrogen) atoms. The highest BCUT2D eigenvalue weighted by Crippen LogP contribution is 2.30. The number of amides is 1. The van der Waals surface area contributed by atoms with Crippen molar-refractivity contribution in [1.29, 1.82) is 0 Å². The minimum Gasteiger partial charge on any atom is -0.497 e. The van der Waals surface area contributed by atoms with E-state index < -0.39 is 0 Å². The third-order valence-electron chi connectivity index (χ3n) is 4.22. The maximum Gasteiger partial charge on any atom is 0.244 e. The van der Waals surface area contributed by atoms with Gasteiger partial charge in [-0.15, -0.1) is 0 Å². The molecule has 7 nitrogen and oxygen atoms in total. The van der Waals surface area contributed by atoms with Crippen molar-refractivity contribution < 1.29 is 9.53 Å². The van der Waals surface area contributed by atoms with Crippen LogP contribution in [0.2, 0.25) is 0 Å². The number of aromatic nitrogens is 2. The molecule has 0 fully saturated rings. The number of hydrogen-bond acceptors (Lipinski definition) is 6. The van der Waals surface area contributed by atoms with E-state index in [9.17, 15) is 4.79 Å². The van der Waals surface area contributed by atoms with Gasteiger partial charge < -0.3 is 20.3 Å². The fourth-order valence-corrected chi connectivity index (χ4v) is 2.96. The molecule has 0 bridgehead atoms. The molecule has 0 spiro atoms. The molecule has 4 rings (SSSR count). The van der Waals surface area contributed by atoms with E-state index in [-0.39, 0.29) is 12.5 Å². The fourth-order valence-electron chi connectivity index (χ4n) is 2.96. The highest BCUT2D eigenvalue weighted by Gasteiger charge is 2.24. The van der Waals surface area contributed by atoms with Crippen LogP contribution in [-0.4, -0.2) is 29.5 Å². The van der Waals surface area contributed by atoms with Crippen molar-refractivity contribution in [3.05, 3.63) is 66.4 Å². The number of hydrogen-bond donors (Lipinski definition) is 2. The quantitative estimate of drug-likeness (QED) is 0.727. The molecule has 0 saturated carbocycles. The van der Waals surface area contributed by atoms with Crippen LogP contribution in [0.15, 0.2) is 60.8 Å². The minimum absolute atomic E-state index is 0.0736. The molecule has 2 N–H and O–H groups in total. The van der Waals surface area contributed by atoms with Crippen LogP contribution in [-0.2, 0) is 11.3 Å². The third-order valence-corrected chi connectivity index (χ3v) is 4.22. The van der Waals surface area contributed by atoms with Gasteiger partial charge in [-0.25, -0.2) is 4.98 Å². The lowest BCUT2D eigenvalue weighted by Gasteiger charge is -2.29. The van der Waals surface area contributed by atoms with Gasteiger partial charge in [-0.05, 0) is 17.7 Å². The van der Waals surface area contributed by atoms with E-state index in [0.29, 0.717) is 24.0 Å². The first kappa shape index (κ1) is 16.8. The van der Waals surface area contributed by atoms with E-state index in [1.807, 2.05) is 59.5 Å². The zero-order valence-electron chi connectivity index (χ0n) is 14.8. The fraction of sp³-hybridized carbons (Fsp3) is 0.150. The monoisotopic (exact) mass is 361 g/mol. The van der Waals surface area contributed by atoms with Crippen LogP contribution in [0.25, 0.3) is 0 Å². The molecule has 3 aromatic rings. The van der Waals surface area contributed by atoms with Crippen LogP contribution in [0, 0.1) is 0 Å². The molecule has 136 valence electrons. The average molecular weight is 361 g/mol. The zero-order valence-corrected chi connectivity index (χ0v) is 14.8. The lowest BCUT2D eigenvalue weighted by Crippen LogP contribution is -2.38. The summed E-state index contributed by atoms with van der Waals surface area (Å²) in [5.74, 6) is 1.82. The lowest BCUT2D eigenvalue weighted by molar-refractivity contribution is -0.115. The summed E-state index contributed by atoms with van der Waals surface area (Å²) in [6.07, 6.45) is 1.62. The van der Waals surface area contributed by atoms with Crippen LogP contribution in [0.4, 0.5) is 23.1 Å². The first-order chi connectivity index (χ1) is 13.2. The topological polar surface area (TPSA) is 79.4 Å². The summed E-state index contributed by atoms with van der Waals surface area (Å²) in [5.41, 5.74) is 2.54. The normalized spacial score (nSPS) is 12.9. The zero-order chi connectivity index (χ0) is 18.6. The summed E-state index contributed by atoms with van der Waals surface area (Å²) in [6, 6.07) is 17.5. The Kier molecular flexibility index (Phi) is 4.57. The number of anilines is 4. The lowest BCUT2D eigenvalue weighted by atomic mass is 10.2. The van der Waals surface area contributed by atoms with Crippen molar-refractivity contribution >= 4 is 29.0 Å². The Bertz CT molecular complexity index is 962.